The van der Waals surface area contributed by atoms with Gasteiger partial charge in [0.1, 0.15) is 33.9 Å². The fraction of sp³-hybridized carbons (Fsp3) is 0.273. The van der Waals surface area contributed by atoms with Crippen LogP contribution in [0.4, 0.5) is 5.00 Å². The molecule has 3 aromatic heterocycles. The van der Waals surface area contributed by atoms with Crippen molar-refractivity contribution in [2.45, 2.75) is 40.0 Å². The summed E-state index contributed by atoms with van der Waals surface area (Å²) in [7, 11) is 0. The second-order valence-corrected chi connectivity index (χ2v) is 11.8. The molecule has 5 aromatic rings. The van der Waals surface area contributed by atoms with Gasteiger partial charge in [0.05, 0.1) is 17.6 Å². The van der Waals surface area contributed by atoms with Crippen molar-refractivity contribution in [3.05, 3.63) is 90.9 Å². The minimum Gasteiger partial charge on any atom is -0.484 e. The molecule has 1 atom stereocenters. The third-order valence-electron chi connectivity index (χ3n) is 7.48. The number of amides is 1. The van der Waals surface area contributed by atoms with E-state index < -0.39 is 22.9 Å². The van der Waals surface area contributed by atoms with Crippen molar-refractivity contribution in [1.82, 2.24) is 0 Å². The number of ether oxygens (including phenoxy) is 3. The molecule has 6 rings (SSSR count). The minimum atomic E-state index is -0.478. The average molecular weight is 616 g/mol. The van der Waals surface area contributed by atoms with Gasteiger partial charge in [-0.25, -0.2) is 9.59 Å². The van der Waals surface area contributed by atoms with Crippen LogP contribution in [0, 0.1) is 12.8 Å². The van der Waals surface area contributed by atoms with E-state index in [1.165, 1.54) is 41.9 Å². The van der Waals surface area contributed by atoms with Crippen molar-refractivity contribution in [1.29, 1.82) is 0 Å². The number of nitrogens with one attached hydrogen (secondary N) is 1. The van der Waals surface area contributed by atoms with Crippen LogP contribution in [0.3, 0.4) is 0 Å². The average Bonchev–Trinajstić information content (AvgIpc) is 3.34. The second-order valence-electron chi connectivity index (χ2n) is 10.7. The van der Waals surface area contributed by atoms with Crippen LogP contribution >= 0.6 is 11.3 Å². The number of carbonyl (C=O) groups excluding carboxylic acids is 2. The number of benzene rings is 2. The predicted molar refractivity (Wildman–Crippen MR) is 165 cm³/mol. The van der Waals surface area contributed by atoms with Gasteiger partial charge < -0.3 is 28.4 Å². The number of carbonyl (C=O) groups is 2. The monoisotopic (exact) mass is 615 g/mol. The molecule has 0 spiro atoms. The first-order valence-electron chi connectivity index (χ1n) is 14.2. The standard InChI is InChI=1S/C33H29NO9S/c1-4-39-33(38)30-23-8-5-17(2)11-27(23)44-32(30)34-28(35)16-40-19-6-10-22-24(13-19)41-15-26(31(22)37)42-20-7-9-21-18(3)12-29(36)43-25(21)14-20/h6-7,9-10,12-15,17H,4-5,8,11,16H2,1-3H3,(H,34,35). The van der Waals surface area contributed by atoms with E-state index in [-0.39, 0.29) is 29.9 Å². The van der Waals surface area contributed by atoms with Crippen molar-refractivity contribution in [3.63, 3.8) is 0 Å². The van der Waals surface area contributed by atoms with Crippen LogP contribution in [0.15, 0.2) is 67.2 Å². The van der Waals surface area contributed by atoms with E-state index in [1.54, 1.807) is 32.0 Å². The Morgan fingerprint density at radius 1 is 1.05 bits per heavy atom. The number of esters is 1. The van der Waals surface area contributed by atoms with Crippen molar-refractivity contribution in [2.24, 2.45) is 5.92 Å². The first-order chi connectivity index (χ1) is 21.2. The molecule has 1 N–H and O–H groups in total. The van der Waals surface area contributed by atoms with Crippen LogP contribution in [0.2, 0.25) is 0 Å². The molecule has 1 unspecified atom stereocenters. The lowest BCUT2D eigenvalue weighted by Gasteiger charge is -2.18. The molecule has 2 aromatic carbocycles. The Kier molecular flexibility index (Phi) is 7.96. The molecule has 0 radical (unpaired) electrons. The Bertz CT molecular complexity index is 2040. The van der Waals surface area contributed by atoms with Gasteiger partial charge in [0, 0.05) is 28.5 Å². The minimum absolute atomic E-state index is 0.0506. The molecule has 44 heavy (non-hydrogen) atoms. The van der Waals surface area contributed by atoms with E-state index in [0.29, 0.717) is 33.6 Å². The van der Waals surface area contributed by atoms with Crippen LogP contribution in [0.25, 0.3) is 21.9 Å². The summed E-state index contributed by atoms with van der Waals surface area (Å²) >= 11 is 1.41. The van der Waals surface area contributed by atoms with Crippen LogP contribution < -0.4 is 25.8 Å². The van der Waals surface area contributed by atoms with Gasteiger partial charge in [-0.3, -0.25) is 9.59 Å². The lowest BCUT2D eigenvalue weighted by molar-refractivity contribution is -0.118. The molecule has 1 aliphatic carbocycles. The maximum Gasteiger partial charge on any atom is 0.341 e. The van der Waals surface area contributed by atoms with E-state index in [1.807, 2.05) is 0 Å². The number of thiophene rings is 1. The fourth-order valence-electron chi connectivity index (χ4n) is 5.32. The summed E-state index contributed by atoms with van der Waals surface area (Å²) in [5, 5.41) is 4.30. The number of anilines is 1. The van der Waals surface area contributed by atoms with E-state index in [0.717, 1.165) is 40.7 Å². The Morgan fingerprint density at radius 2 is 1.82 bits per heavy atom. The van der Waals surface area contributed by atoms with Gasteiger partial charge in [0.2, 0.25) is 11.2 Å². The molecule has 0 aliphatic heterocycles. The zero-order chi connectivity index (χ0) is 31.0. The molecule has 0 saturated carbocycles. The largest absolute Gasteiger partial charge is 0.484 e. The number of rotatable bonds is 8. The summed E-state index contributed by atoms with van der Waals surface area (Å²) < 4.78 is 27.6. The zero-order valence-corrected chi connectivity index (χ0v) is 25.1. The first kappa shape index (κ1) is 29.2. The van der Waals surface area contributed by atoms with Crippen molar-refractivity contribution < 1.29 is 32.6 Å². The summed E-state index contributed by atoms with van der Waals surface area (Å²) in [6.45, 7) is 5.64. The van der Waals surface area contributed by atoms with E-state index in [4.69, 9.17) is 23.0 Å². The Morgan fingerprint density at radius 3 is 2.64 bits per heavy atom. The molecule has 3 heterocycles. The maximum atomic E-state index is 13.1. The molecule has 0 bridgehead atoms. The summed E-state index contributed by atoms with van der Waals surface area (Å²) in [5.41, 5.74) is 1.85. The third-order valence-corrected chi connectivity index (χ3v) is 8.65. The van der Waals surface area contributed by atoms with Crippen LogP contribution in [0.1, 0.15) is 46.6 Å². The normalized spacial score (nSPS) is 14.3. The lowest BCUT2D eigenvalue weighted by Crippen LogP contribution is -2.21. The van der Waals surface area contributed by atoms with Gasteiger partial charge in [-0.2, -0.15) is 0 Å². The van der Waals surface area contributed by atoms with E-state index in [9.17, 15) is 19.2 Å². The van der Waals surface area contributed by atoms with Gasteiger partial charge in [-0.05, 0) is 74.4 Å². The molecule has 1 amide bonds. The highest BCUT2D eigenvalue weighted by atomic mass is 32.1. The summed E-state index contributed by atoms with van der Waals surface area (Å²) in [5.74, 6) is 0.196. The molecular formula is C33H29NO9S. The lowest BCUT2D eigenvalue weighted by atomic mass is 9.88. The third kappa shape index (κ3) is 5.83. The molecular weight excluding hydrogens is 586 g/mol. The number of aryl methyl sites for hydroxylation is 1. The van der Waals surface area contributed by atoms with Gasteiger partial charge in [0.15, 0.2) is 6.61 Å². The highest BCUT2D eigenvalue weighted by molar-refractivity contribution is 7.17. The van der Waals surface area contributed by atoms with E-state index in [2.05, 4.69) is 12.2 Å². The van der Waals surface area contributed by atoms with Crippen molar-refractivity contribution in [3.8, 4) is 17.2 Å². The predicted octanol–water partition coefficient (Wildman–Crippen LogP) is 6.38. The van der Waals surface area contributed by atoms with Crippen LogP contribution in [-0.2, 0) is 22.4 Å². The second kappa shape index (κ2) is 12.0. The quantitative estimate of drug-likeness (QED) is 0.156. The summed E-state index contributed by atoms with van der Waals surface area (Å²) in [6, 6.07) is 11.0. The molecule has 0 fully saturated rings. The first-order valence-corrected chi connectivity index (χ1v) is 15.0. The Hall–Kier alpha value is -4.90. The highest BCUT2D eigenvalue weighted by Crippen LogP contribution is 2.40. The maximum absolute atomic E-state index is 13.1. The van der Waals surface area contributed by atoms with Crippen LogP contribution in [-0.4, -0.2) is 25.1 Å². The molecule has 0 saturated heterocycles. The van der Waals surface area contributed by atoms with E-state index >= 15 is 0 Å². The fourth-order valence-corrected chi connectivity index (χ4v) is 6.73. The van der Waals surface area contributed by atoms with Crippen molar-refractivity contribution >= 4 is 50.2 Å². The van der Waals surface area contributed by atoms with Crippen molar-refractivity contribution in [2.75, 3.05) is 18.5 Å². The van der Waals surface area contributed by atoms with Gasteiger partial charge in [-0.1, -0.05) is 6.92 Å². The molecule has 226 valence electrons. The van der Waals surface area contributed by atoms with Gasteiger partial charge in [0.25, 0.3) is 5.91 Å². The molecule has 11 heteroatoms. The molecule has 1 aliphatic rings. The number of hydrogen-bond acceptors (Lipinski definition) is 10. The Labute approximate surface area is 255 Å². The smallest absolute Gasteiger partial charge is 0.341 e. The highest BCUT2D eigenvalue weighted by Gasteiger charge is 2.29. The molecule has 10 nitrogen and oxygen atoms in total. The number of hydrogen-bond donors (Lipinski definition) is 1. The summed E-state index contributed by atoms with van der Waals surface area (Å²) in [4.78, 5) is 51.6. The summed E-state index contributed by atoms with van der Waals surface area (Å²) in [6.07, 6.45) is 3.78. The van der Waals surface area contributed by atoms with Gasteiger partial charge in [-0.15, -0.1) is 11.3 Å². The SMILES string of the molecule is CCOC(=O)c1c(NC(=O)COc2ccc3c(=O)c(Oc4ccc5c(C)cc(=O)oc5c4)coc3c2)sc2c1CCC(C)C2. The van der Waals surface area contributed by atoms with Crippen LogP contribution in [0.5, 0.6) is 17.2 Å². The zero-order valence-electron chi connectivity index (χ0n) is 24.3. The topological polar surface area (TPSA) is 134 Å². The Balaban J connectivity index is 1.15. The number of fused-ring (bicyclic) bond motifs is 3. The van der Waals surface area contributed by atoms with Gasteiger partial charge >= 0.3 is 11.6 Å².